The number of thiophene rings is 1. The molecular formula is C20H26BrNO3S. The molecule has 1 aromatic carbocycles. The van der Waals surface area contributed by atoms with Crippen molar-refractivity contribution in [2.45, 2.75) is 38.5 Å². The van der Waals surface area contributed by atoms with Crippen molar-refractivity contribution in [3.8, 4) is 5.75 Å². The summed E-state index contributed by atoms with van der Waals surface area (Å²) in [4.78, 5) is 3.64. The highest BCUT2D eigenvalue weighted by Crippen LogP contribution is 2.24. The van der Waals surface area contributed by atoms with Gasteiger partial charge in [0.15, 0.2) is 0 Å². The van der Waals surface area contributed by atoms with Crippen LogP contribution < -0.4 is 4.74 Å². The molecule has 2 heterocycles. The van der Waals surface area contributed by atoms with Crippen LogP contribution in [-0.2, 0) is 11.3 Å². The van der Waals surface area contributed by atoms with Crippen molar-refractivity contribution in [1.29, 1.82) is 0 Å². The Bertz CT molecular complexity index is 687. The summed E-state index contributed by atoms with van der Waals surface area (Å²) in [6.07, 6.45) is 1.95. The Labute approximate surface area is 167 Å². The van der Waals surface area contributed by atoms with Gasteiger partial charge in [-0.2, -0.15) is 0 Å². The number of hydrogen-bond acceptors (Lipinski definition) is 5. The van der Waals surface area contributed by atoms with Gasteiger partial charge in [0.2, 0.25) is 0 Å². The van der Waals surface area contributed by atoms with Crippen LogP contribution in [0, 0.1) is 6.92 Å². The van der Waals surface area contributed by atoms with Gasteiger partial charge in [-0.05, 0) is 64.8 Å². The van der Waals surface area contributed by atoms with Crippen LogP contribution >= 0.6 is 27.3 Å². The van der Waals surface area contributed by atoms with E-state index in [4.69, 9.17) is 9.47 Å². The fourth-order valence-corrected chi connectivity index (χ4v) is 4.49. The van der Waals surface area contributed by atoms with Crippen LogP contribution in [0.4, 0.5) is 0 Å². The lowest BCUT2D eigenvalue weighted by Gasteiger charge is -2.27. The molecule has 1 aromatic heterocycles. The van der Waals surface area contributed by atoms with E-state index in [1.54, 1.807) is 11.3 Å². The smallest absolute Gasteiger partial charge is 0.133 e. The van der Waals surface area contributed by atoms with Crippen molar-refractivity contribution in [3.63, 3.8) is 0 Å². The second kappa shape index (κ2) is 9.85. The maximum atomic E-state index is 10.5. The molecule has 1 aliphatic heterocycles. The van der Waals surface area contributed by atoms with Crippen LogP contribution in [0.25, 0.3) is 0 Å². The van der Waals surface area contributed by atoms with Crippen LogP contribution in [0.15, 0.2) is 40.2 Å². The average molecular weight is 440 g/mol. The molecule has 0 bridgehead atoms. The topological polar surface area (TPSA) is 41.9 Å². The molecule has 0 aliphatic carbocycles. The predicted molar refractivity (Wildman–Crippen MR) is 109 cm³/mol. The Morgan fingerprint density at radius 3 is 2.92 bits per heavy atom. The van der Waals surface area contributed by atoms with E-state index < -0.39 is 6.10 Å². The summed E-state index contributed by atoms with van der Waals surface area (Å²) < 4.78 is 12.5. The molecule has 26 heavy (non-hydrogen) atoms. The SMILES string of the molecule is Cc1ccsc1CN(CC(O)COc1ccccc1Br)CC1CCCO1. The summed E-state index contributed by atoms with van der Waals surface area (Å²) >= 11 is 5.24. The van der Waals surface area contributed by atoms with Gasteiger partial charge < -0.3 is 14.6 Å². The number of hydrogen-bond donors (Lipinski definition) is 1. The molecule has 0 saturated carbocycles. The maximum Gasteiger partial charge on any atom is 0.133 e. The highest BCUT2D eigenvalue weighted by molar-refractivity contribution is 9.10. The summed E-state index contributed by atoms with van der Waals surface area (Å²) in [6.45, 7) is 5.53. The maximum absolute atomic E-state index is 10.5. The summed E-state index contributed by atoms with van der Waals surface area (Å²) in [5, 5.41) is 12.7. The van der Waals surface area contributed by atoms with Gasteiger partial charge in [-0.25, -0.2) is 0 Å². The molecule has 0 spiro atoms. The van der Waals surface area contributed by atoms with Crippen LogP contribution in [0.3, 0.4) is 0 Å². The standard InChI is InChI=1S/C20H26BrNO3S/c1-15-8-10-26-20(15)13-22(12-17-5-4-9-24-17)11-16(23)14-25-19-7-3-2-6-18(19)21/h2-3,6-8,10,16-17,23H,4-5,9,11-14H2,1H3. The summed E-state index contributed by atoms with van der Waals surface area (Å²) in [7, 11) is 0. The van der Waals surface area contributed by atoms with Crippen molar-refractivity contribution in [2.24, 2.45) is 0 Å². The molecule has 1 fully saturated rings. The van der Waals surface area contributed by atoms with E-state index in [-0.39, 0.29) is 12.7 Å². The molecule has 3 rings (SSSR count). The van der Waals surface area contributed by atoms with Crippen LogP contribution in [-0.4, -0.2) is 48.5 Å². The second-order valence-corrected chi connectivity index (χ2v) is 8.61. The van der Waals surface area contributed by atoms with E-state index in [1.165, 1.54) is 10.4 Å². The molecule has 2 unspecified atom stereocenters. The van der Waals surface area contributed by atoms with Crippen LogP contribution in [0.2, 0.25) is 0 Å². The number of halogens is 1. The van der Waals surface area contributed by atoms with Gasteiger partial charge in [0, 0.05) is 31.1 Å². The van der Waals surface area contributed by atoms with Crippen molar-refractivity contribution in [3.05, 3.63) is 50.6 Å². The largest absolute Gasteiger partial charge is 0.490 e. The third kappa shape index (κ3) is 5.79. The first-order chi connectivity index (χ1) is 12.6. The monoisotopic (exact) mass is 439 g/mol. The molecule has 1 aliphatic rings. The third-order valence-corrected chi connectivity index (χ3v) is 6.22. The Hall–Kier alpha value is -0.920. The third-order valence-electron chi connectivity index (χ3n) is 4.56. The fraction of sp³-hybridized carbons (Fsp3) is 0.500. The number of nitrogens with zero attached hydrogens (tertiary/aromatic N) is 1. The van der Waals surface area contributed by atoms with E-state index in [2.05, 4.69) is 39.2 Å². The Morgan fingerprint density at radius 1 is 1.38 bits per heavy atom. The van der Waals surface area contributed by atoms with E-state index >= 15 is 0 Å². The molecule has 2 aromatic rings. The highest BCUT2D eigenvalue weighted by atomic mass is 79.9. The van der Waals surface area contributed by atoms with Crippen molar-refractivity contribution in [1.82, 2.24) is 4.90 Å². The number of para-hydroxylation sites is 1. The lowest BCUT2D eigenvalue weighted by molar-refractivity contribution is 0.0315. The predicted octanol–water partition coefficient (Wildman–Crippen LogP) is 4.24. The Kier molecular flexibility index (Phi) is 7.52. The Balaban J connectivity index is 1.56. The van der Waals surface area contributed by atoms with Crippen LogP contribution in [0.5, 0.6) is 5.75 Å². The molecular weight excluding hydrogens is 414 g/mol. The minimum absolute atomic E-state index is 0.270. The summed E-state index contributed by atoms with van der Waals surface area (Å²) in [6, 6.07) is 9.85. The first-order valence-corrected chi connectivity index (χ1v) is 10.7. The second-order valence-electron chi connectivity index (χ2n) is 6.75. The molecule has 1 saturated heterocycles. The summed E-state index contributed by atoms with van der Waals surface area (Å²) in [5.74, 6) is 0.756. The van der Waals surface area contributed by atoms with E-state index in [9.17, 15) is 5.11 Å². The van der Waals surface area contributed by atoms with Crippen molar-refractivity contribution >= 4 is 27.3 Å². The van der Waals surface area contributed by atoms with Crippen LogP contribution in [0.1, 0.15) is 23.3 Å². The van der Waals surface area contributed by atoms with Gasteiger partial charge in [0.1, 0.15) is 18.5 Å². The number of rotatable bonds is 9. The molecule has 0 amide bonds. The molecule has 6 heteroatoms. The number of aliphatic hydroxyl groups is 1. The zero-order valence-electron chi connectivity index (χ0n) is 15.1. The van der Waals surface area contributed by atoms with Gasteiger partial charge in [0.25, 0.3) is 0 Å². The quantitative estimate of drug-likeness (QED) is 0.634. The molecule has 4 nitrogen and oxygen atoms in total. The molecule has 0 radical (unpaired) electrons. The normalized spacial score (nSPS) is 18.4. The number of ether oxygens (including phenoxy) is 2. The molecule has 142 valence electrons. The minimum atomic E-state index is -0.552. The van der Waals surface area contributed by atoms with Crippen molar-refractivity contribution < 1.29 is 14.6 Å². The molecule has 1 N–H and O–H groups in total. The zero-order valence-corrected chi connectivity index (χ0v) is 17.5. The number of aryl methyl sites for hydroxylation is 1. The van der Waals surface area contributed by atoms with Gasteiger partial charge in [-0.15, -0.1) is 11.3 Å². The van der Waals surface area contributed by atoms with E-state index in [0.717, 1.165) is 42.8 Å². The number of benzene rings is 1. The van der Waals surface area contributed by atoms with Crippen molar-refractivity contribution in [2.75, 3.05) is 26.3 Å². The van der Waals surface area contributed by atoms with Gasteiger partial charge >= 0.3 is 0 Å². The zero-order chi connectivity index (χ0) is 18.4. The average Bonchev–Trinajstić information content (AvgIpc) is 3.26. The highest BCUT2D eigenvalue weighted by Gasteiger charge is 2.22. The number of aliphatic hydroxyl groups excluding tert-OH is 1. The summed E-state index contributed by atoms with van der Waals surface area (Å²) in [5.41, 5.74) is 1.31. The fourth-order valence-electron chi connectivity index (χ4n) is 3.15. The first kappa shape index (κ1) is 19.8. The minimum Gasteiger partial charge on any atom is -0.490 e. The van der Waals surface area contributed by atoms with E-state index in [1.807, 2.05) is 24.3 Å². The van der Waals surface area contributed by atoms with Gasteiger partial charge in [-0.1, -0.05) is 12.1 Å². The first-order valence-electron chi connectivity index (χ1n) is 9.04. The Morgan fingerprint density at radius 2 is 2.23 bits per heavy atom. The lowest BCUT2D eigenvalue weighted by Crippen LogP contribution is -2.39. The van der Waals surface area contributed by atoms with Gasteiger partial charge in [-0.3, -0.25) is 4.90 Å². The van der Waals surface area contributed by atoms with E-state index in [0.29, 0.717) is 6.54 Å². The molecule has 2 atom stereocenters. The van der Waals surface area contributed by atoms with Gasteiger partial charge in [0.05, 0.1) is 10.6 Å². The lowest BCUT2D eigenvalue weighted by atomic mass is 10.2.